The third-order valence-electron chi connectivity index (χ3n) is 2.74. The summed E-state index contributed by atoms with van der Waals surface area (Å²) in [5.41, 5.74) is 3.78. The molecule has 0 bridgehead atoms. The Morgan fingerprint density at radius 3 is 2.88 bits per heavy atom. The molecule has 0 fully saturated rings. The first-order valence-electron chi connectivity index (χ1n) is 5.29. The van der Waals surface area contributed by atoms with Crippen LogP contribution in [0.5, 0.6) is 0 Å². The average molecular weight is 245 g/mol. The predicted molar refractivity (Wildman–Crippen MR) is 68.6 cm³/mol. The minimum Gasteiger partial charge on any atom is -0.316 e. The molecule has 3 aromatic heterocycles. The highest BCUT2D eigenvalue weighted by molar-refractivity contribution is 7.13. The van der Waals surface area contributed by atoms with Gasteiger partial charge in [0.1, 0.15) is 11.3 Å². The van der Waals surface area contributed by atoms with E-state index in [0.717, 1.165) is 27.5 Å². The fraction of sp³-hybridized carbons (Fsp3) is 0.167. The van der Waals surface area contributed by atoms with Crippen LogP contribution in [-0.2, 0) is 0 Å². The molecular weight excluding hydrogens is 234 g/mol. The van der Waals surface area contributed by atoms with Gasteiger partial charge in [0.25, 0.3) is 0 Å². The first-order chi connectivity index (χ1) is 8.15. The Bertz CT molecular complexity index is 751. The van der Waals surface area contributed by atoms with Crippen LogP contribution >= 0.6 is 11.3 Å². The van der Waals surface area contributed by atoms with Crippen LogP contribution in [0.3, 0.4) is 0 Å². The third kappa shape index (κ3) is 1.59. The minimum absolute atomic E-state index is 0.0359. The molecule has 0 amide bonds. The Kier molecular flexibility index (Phi) is 2.16. The molecular formula is C12H11N3OS. The summed E-state index contributed by atoms with van der Waals surface area (Å²) in [5.74, 6) is 0. The van der Waals surface area contributed by atoms with E-state index in [4.69, 9.17) is 0 Å². The summed E-state index contributed by atoms with van der Waals surface area (Å²) in [6, 6.07) is 4.01. The predicted octanol–water partition coefficient (Wildman–Crippen LogP) is 2.37. The number of rotatable bonds is 1. The Labute approximate surface area is 102 Å². The lowest BCUT2D eigenvalue weighted by Gasteiger charge is -1.93. The number of fused-ring (bicyclic) bond motifs is 1. The van der Waals surface area contributed by atoms with E-state index >= 15 is 0 Å². The number of hydrogen-bond donors (Lipinski definition) is 1. The van der Waals surface area contributed by atoms with Crippen molar-refractivity contribution in [3.05, 3.63) is 45.5 Å². The second kappa shape index (κ2) is 3.56. The van der Waals surface area contributed by atoms with Crippen molar-refractivity contribution in [2.75, 3.05) is 0 Å². The Morgan fingerprint density at radius 1 is 1.41 bits per heavy atom. The lowest BCUT2D eigenvalue weighted by Crippen LogP contribution is -1.91. The van der Waals surface area contributed by atoms with E-state index in [1.807, 2.05) is 42.8 Å². The number of aromatic amines is 1. The van der Waals surface area contributed by atoms with Gasteiger partial charge in [-0.25, -0.2) is 4.98 Å². The first kappa shape index (κ1) is 10.3. The van der Waals surface area contributed by atoms with Gasteiger partial charge in [-0.3, -0.25) is 4.79 Å². The smallest absolute Gasteiger partial charge is 0.305 e. The average Bonchev–Trinajstić information content (AvgIpc) is 2.82. The van der Waals surface area contributed by atoms with Crippen LogP contribution in [0, 0.1) is 13.8 Å². The second-order valence-corrected chi connectivity index (χ2v) is 5.00. The number of pyridine rings is 1. The van der Waals surface area contributed by atoms with E-state index < -0.39 is 0 Å². The maximum atomic E-state index is 11.3. The largest absolute Gasteiger partial charge is 0.316 e. The number of nitrogens with one attached hydrogen (secondary N) is 1. The zero-order chi connectivity index (χ0) is 12.0. The lowest BCUT2D eigenvalue weighted by molar-refractivity contribution is 1.16. The van der Waals surface area contributed by atoms with Crippen molar-refractivity contribution < 1.29 is 0 Å². The summed E-state index contributed by atoms with van der Waals surface area (Å²) >= 11 is 1.20. The van der Waals surface area contributed by atoms with Crippen molar-refractivity contribution in [3.8, 4) is 10.6 Å². The highest BCUT2D eigenvalue weighted by Crippen LogP contribution is 2.24. The molecule has 5 heteroatoms. The van der Waals surface area contributed by atoms with Crippen LogP contribution in [-0.4, -0.2) is 14.4 Å². The molecule has 0 aliphatic heterocycles. The lowest BCUT2D eigenvalue weighted by atomic mass is 10.3. The maximum absolute atomic E-state index is 11.3. The van der Waals surface area contributed by atoms with Gasteiger partial charge >= 0.3 is 4.87 Å². The van der Waals surface area contributed by atoms with Gasteiger partial charge in [0.05, 0.1) is 4.88 Å². The molecule has 0 aromatic carbocycles. The quantitative estimate of drug-likeness (QED) is 0.715. The zero-order valence-corrected chi connectivity index (χ0v) is 10.3. The molecule has 4 nitrogen and oxygen atoms in total. The number of hydrogen-bond acceptors (Lipinski definition) is 3. The Morgan fingerprint density at radius 2 is 2.24 bits per heavy atom. The summed E-state index contributed by atoms with van der Waals surface area (Å²) in [4.78, 5) is 19.5. The molecule has 0 aliphatic carbocycles. The van der Waals surface area contributed by atoms with Gasteiger partial charge in [-0.05, 0) is 25.5 Å². The molecule has 0 atom stereocenters. The van der Waals surface area contributed by atoms with Crippen LogP contribution < -0.4 is 4.87 Å². The van der Waals surface area contributed by atoms with Gasteiger partial charge in [0.2, 0.25) is 0 Å². The molecule has 0 saturated carbocycles. The third-order valence-corrected chi connectivity index (χ3v) is 3.74. The van der Waals surface area contributed by atoms with Gasteiger partial charge in [0, 0.05) is 18.1 Å². The molecule has 86 valence electrons. The van der Waals surface area contributed by atoms with Crippen LogP contribution in [0.4, 0.5) is 0 Å². The Balaban J connectivity index is 2.28. The molecule has 0 radical (unpaired) electrons. The molecule has 0 aliphatic rings. The SMILES string of the molecule is Cc1[nH]c(=O)sc1-c1cn2cccc(C)c2n1. The highest BCUT2D eigenvalue weighted by atomic mass is 32.1. The van der Waals surface area contributed by atoms with Crippen molar-refractivity contribution in [2.45, 2.75) is 13.8 Å². The molecule has 0 unspecified atom stereocenters. The van der Waals surface area contributed by atoms with E-state index in [1.165, 1.54) is 11.3 Å². The Hall–Kier alpha value is -1.88. The van der Waals surface area contributed by atoms with Crippen molar-refractivity contribution in [2.24, 2.45) is 0 Å². The summed E-state index contributed by atoms with van der Waals surface area (Å²) in [7, 11) is 0. The van der Waals surface area contributed by atoms with Crippen LogP contribution in [0.1, 0.15) is 11.3 Å². The van der Waals surface area contributed by atoms with Crippen molar-refractivity contribution >= 4 is 17.0 Å². The maximum Gasteiger partial charge on any atom is 0.305 e. The molecule has 0 spiro atoms. The topological polar surface area (TPSA) is 50.2 Å². The van der Waals surface area contributed by atoms with Crippen LogP contribution in [0.2, 0.25) is 0 Å². The van der Waals surface area contributed by atoms with Gasteiger partial charge in [0.15, 0.2) is 0 Å². The van der Waals surface area contributed by atoms with E-state index in [-0.39, 0.29) is 4.87 Å². The number of H-pyrrole nitrogens is 1. The van der Waals surface area contributed by atoms with E-state index in [2.05, 4.69) is 9.97 Å². The molecule has 3 rings (SSSR count). The number of nitrogens with zero attached hydrogens (tertiary/aromatic N) is 2. The molecule has 0 saturated heterocycles. The summed E-state index contributed by atoms with van der Waals surface area (Å²) in [6.45, 7) is 3.92. The van der Waals surface area contributed by atoms with Crippen molar-refractivity contribution in [1.29, 1.82) is 0 Å². The monoisotopic (exact) mass is 245 g/mol. The van der Waals surface area contributed by atoms with Gasteiger partial charge in [-0.2, -0.15) is 0 Å². The molecule has 3 heterocycles. The number of aryl methyl sites for hydroxylation is 2. The standard InChI is InChI=1S/C12H11N3OS/c1-7-4-3-5-15-6-9(14-11(7)15)10-8(2)13-12(16)17-10/h3-6H,1-2H3,(H,13,16). The second-order valence-electron chi connectivity index (χ2n) is 4.02. The van der Waals surface area contributed by atoms with E-state index in [0.29, 0.717) is 0 Å². The van der Waals surface area contributed by atoms with Crippen molar-refractivity contribution in [3.63, 3.8) is 0 Å². The van der Waals surface area contributed by atoms with Gasteiger partial charge < -0.3 is 9.38 Å². The fourth-order valence-electron chi connectivity index (χ4n) is 1.91. The summed E-state index contributed by atoms with van der Waals surface area (Å²) in [6.07, 6.45) is 3.91. The first-order valence-corrected chi connectivity index (χ1v) is 6.11. The fourth-order valence-corrected chi connectivity index (χ4v) is 2.71. The van der Waals surface area contributed by atoms with Gasteiger partial charge in [-0.15, -0.1) is 0 Å². The molecule has 1 N–H and O–H groups in total. The van der Waals surface area contributed by atoms with Crippen LogP contribution in [0.15, 0.2) is 29.3 Å². The summed E-state index contributed by atoms with van der Waals surface area (Å²) in [5, 5.41) is 0. The zero-order valence-electron chi connectivity index (χ0n) is 9.52. The number of thiazole rings is 1. The van der Waals surface area contributed by atoms with E-state index in [1.54, 1.807) is 0 Å². The summed E-state index contributed by atoms with van der Waals surface area (Å²) < 4.78 is 1.98. The number of aromatic nitrogens is 3. The van der Waals surface area contributed by atoms with E-state index in [9.17, 15) is 4.79 Å². The molecule has 17 heavy (non-hydrogen) atoms. The van der Waals surface area contributed by atoms with Crippen LogP contribution in [0.25, 0.3) is 16.2 Å². The van der Waals surface area contributed by atoms with Crippen molar-refractivity contribution in [1.82, 2.24) is 14.4 Å². The number of imidazole rings is 1. The van der Waals surface area contributed by atoms with Gasteiger partial charge in [-0.1, -0.05) is 17.4 Å². The minimum atomic E-state index is -0.0359. The molecule has 3 aromatic rings. The normalized spacial score (nSPS) is 11.2. The highest BCUT2D eigenvalue weighted by Gasteiger charge is 2.11.